The van der Waals surface area contributed by atoms with Gasteiger partial charge < -0.3 is 14.6 Å². The lowest BCUT2D eigenvalue weighted by Crippen LogP contribution is -2.37. The molecule has 1 aliphatic rings. The van der Waals surface area contributed by atoms with Crippen LogP contribution < -0.4 is 0 Å². The second-order valence-electron chi connectivity index (χ2n) is 5.60. The fourth-order valence-corrected chi connectivity index (χ4v) is 2.60. The van der Waals surface area contributed by atoms with Crippen molar-refractivity contribution in [2.75, 3.05) is 13.2 Å². The first-order chi connectivity index (χ1) is 11.5. The Morgan fingerprint density at radius 3 is 2.58 bits per heavy atom. The molecule has 4 heteroatoms. The summed E-state index contributed by atoms with van der Waals surface area (Å²) in [5.41, 5.74) is 2.11. The standard InChI is InChI=1S/C20H24O4/c1-4-23-19-14-20(22,24-5-2)15(3)13-17(19)11-12-18(21)16-9-7-6-8-10-16/h6-13,22H,4-5,14H2,1-3H3. The Labute approximate surface area is 143 Å². The molecule has 1 atom stereocenters. The molecule has 1 N–H and O–H groups in total. The molecule has 0 aromatic heterocycles. The van der Waals surface area contributed by atoms with E-state index >= 15 is 0 Å². The van der Waals surface area contributed by atoms with Gasteiger partial charge in [-0.05, 0) is 44.6 Å². The van der Waals surface area contributed by atoms with Crippen LogP contribution in [0.2, 0.25) is 0 Å². The van der Waals surface area contributed by atoms with Crippen LogP contribution in [-0.2, 0) is 9.47 Å². The SMILES string of the molecule is CCOC1=C(C=CC(=O)c2ccccc2)C=C(C)C(O)(OCC)C1. The summed E-state index contributed by atoms with van der Waals surface area (Å²) in [6.45, 7) is 6.41. The lowest BCUT2D eigenvalue weighted by atomic mass is 9.92. The van der Waals surface area contributed by atoms with Crippen molar-refractivity contribution in [1.29, 1.82) is 0 Å². The highest BCUT2D eigenvalue weighted by Gasteiger charge is 2.35. The lowest BCUT2D eigenvalue weighted by Gasteiger charge is -2.33. The van der Waals surface area contributed by atoms with Crippen LogP contribution in [0.1, 0.15) is 37.6 Å². The number of benzene rings is 1. The summed E-state index contributed by atoms with van der Waals surface area (Å²) >= 11 is 0. The van der Waals surface area contributed by atoms with E-state index in [1.807, 2.05) is 39.0 Å². The molecule has 0 saturated heterocycles. The quantitative estimate of drug-likeness (QED) is 0.470. The molecule has 128 valence electrons. The normalized spacial score (nSPS) is 21.1. The van der Waals surface area contributed by atoms with Crippen molar-refractivity contribution in [2.45, 2.75) is 33.0 Å². The third kappa shape index (κ3) is 4.22. The summed E-state index contributed by atoms with van der Waals surface area (Å²) in [6.07, 6.45) is 5.29. The molecule has 24 heavy (non-hydrogen) atoms. The van der Waals surface area contributed by atoms with Crippen molar-refractivity contribution in [2.24, 2.45) is 0 Å². The van der Waals surface area contributed by atoms with Crippen molar-refractivity contribution in [1.82, 2.24) is 0 Å². The predicted molar refractivity (Wildman–Crippen MR) is 93.5 cm³/mol. The minimum Gasteiger partial charge on any atom is -0.497 e. The summed E-state index contributed by atoms with van der Waals surface area (Å²) in [5, 5.41) is 10.6. The van der Waals surface area contributed by atoms with Gasteiger partial charge in [-0.25, -0.2) is 0 Å². The van der Waals surface area contributed by atoms with Gasteiger partial charge in [0.2, 0.25) is 0 Å². The number of ketones is 1. The maximum Gasteiger partial charge on any atom is 0.195 e. The van der Waals surface area contributed by atoms with Crippen molar-refractivity contribution in [3.63, 3.8) is 0 Å². The van der Waals surface area contributed by atoms with Crippen LogP contribution in [-0.4, -0.2) is 29.9 Å². The molecular weight excluding hydrogens is 304 g/mol. The van der Waals surface area contributed by atoms with E-state index in [4.69, 9.17) is 9.47 Å². The minimum absolute atomic E-state index is 0.0735. The number of hydrogen-bond donors (Lipinski definition) is 1. The molecule has 0 fully saturated rings. The van der Waals surface area contributed by atoms with E-state index < -0.39 is 5.79 Å². The second-order valence-corrected chi connectivity index (χ2v) is 5.60. The predicted octanol–water partition coefficient (Wildman–Crippen LogP) is 3.79. The topological polar surface area (TPSA) is 55.8 Å². The molecule has 0 amide bonds. The molecule has 0 bridgehead atoms. The van der Waals surface area contributed by atoms with Gasteiger partial charge in [0.15, 0.2) is 11.6 Å². The summed E-state index contributed by atoms with van der Waals surface area (Å²) in [7, 11) is 0. The average molecular weight is 328 g/mol. The number of carbonyl (C=O) groups is 1. The van der Waals surface area contributed by atoms with Gasteiger partial charge in [0.05, 0.1) is 13.0 Å². The van der Waals surface area contributed by atoms with Gasteiger partial charge in [-0.3, -0.25) is 4.79 Å². The maximum atomic E-state index is 12.2. The Balaban J connectivity index is 2.26. The van der Waals surface area contributed by atoms with E-state index in [1.54, 1.807) is 24.3 Å². The van der Waals surface area contributed by atoms with Crippen LogP contribution in [0.25, 0.3) is 0 Å². The Bertz CT molecular complexity index is 670. The molecule has 0 heterocycles. The van der Waals surface area contributed by atoms with Gasteiger partial charge in [0.25, 0.3) is 0 Å². The highest BCUT2D eigenvalue weighted by molar-refractivity contribution is 6.04. The highest BCUT2D eigenvalue weighted by atomic mass is 16.6. The van der Waals surface area contributed by atoms with E-state index in [0.29, 0.717) is 30.1 Å². The van der Waals surface area contributed by atoms with Gasteiger partial charge in [0.1, 0.15) is 5.76 Å². The Morgan fingerprint density at radius 2 is 1.96 bits per heavy atom. The van der Waals surface area contributed by atoms with E-state index in [0.717, 1.165) is 5.57 Å². The van der Waals surface area contributed by atoms with Gasteiger partial charge >= 0.3 is 0 Å². The highest BCUT2D eigenvalue weighted by Crippen LogP contribution is 2.34. The zero-order chi connectivity index (χ0) is 17.6. The smallest absolute Gasteiger partial charge is 0.195 e. The third-order valence-corrected chi connectivity index (χ3v) is 3.88. The zero-order valence-corrected chi connectivity index (χ0v) is 14.4. The van der Waals surface area contributed by atoms with Crippen LogP contribution in [0.5, 0.6) is 0 Å². The van der Waals surface area contributed by atoms with Crippen molar-refractivity contribution >= 4 is 5.78 Å². The first-order valence-electron chi connectivity index (χ1n) is 8.18. The summed E-state index contributed by atoms with van der Waals surface area (Å²) < 4.78 is 11.1. The monoisotopic (exact) mass is 328 g/mol. The number of rotatable bonds is 7. The molecular formula is C20H24O4. The molecule has 0 saturated carbocycles. The fraction of sp³-hybridized carbons (Fsp3) is 0.350. The molecule has 4 nitrogen and oxygen atoms in total. The van der Waals surface area contributed by atoms with Crippen LogP contribution in [0.3, 0.4) is 0 Å². The molecule has 0 spiro atoms. The van der Waals surface area contributed by atoms with Gasteiger partial charge in [-0.15, -0.1) is 0 Å². The Hall–Kier alpha value is -2.17. The average Bonchev–Trinajstić information content (AvgIpc) is 2.58. The van der Waals surface area contributed by atoms with Gasteiger partial charge in [-0.1, -0.05) is 30.3 Å². The maximum absolute atomic E-state index is 12.2. The van der Waals surface area contributed by atoms with E-state index in [9.17, 15) is 9.90 Å². The zero-order valence-electron chi connectivity index (χ0n) is 14.4. The Morgan fingerprint density at radius 1 is 1.25 bits per heavy atom. The number of carbonyl (C=O) groups excluding carboxylic acids is 1. The van der Waals surface area contributed by atoms with E-state index in [1.165, 1.54) is 6.08 Å². The fourth-order valence-electron chi connectivity index (χ4n) is 2.60. The molecule has 1 aliphatic carbocycles. The second kappa shape index (κ2) is 8.08. The molecule has 1 aromatic carbocycles. The molecule has 0 radical (unpaired) electrons. The number of allylic oxidation sites excluding steroid dienone is 4. The third-order valence-electron chi connectivity index (χ3n) is 3.88. The summed E-state index contributed by atoms with van der Waals surface area (Å²) in [4.78, 5) is 12.2. The van der Waals surface area contributed by atoms with Gasteiger partial charge in [0, 0.05) is 17.7 Å². The molecule has 1 unspecified atom stereocenters. The Kier molecular flexibility index (Phi) is 6.12. The van der Waals surface area contributed by atoms with Gasteiger partial charge in [-0.2, -0.15) is 0 Å². The van der Waals surface area contributed by atoms with Crippen LogP contribution >= 0.6 is 0 Å². The number of hydrogen-bond acceptors (Lipinski definition) is 4. The van der Waals surface area contributed by atoms with Crippen molar-refractivity contribution < 1.29 is 19.4 Å². The molecule has 2 rings (SSSR count). The van der Waals surface area contributed by atoms with E-state index in [2.05, 4.69) is 0 Å². The largest absolute Gasteiger partial charge is 0.497 e. The molecule has 1 aromatic rings. The molecule has 0 aliphatic heterocycles. The summed E-state index contributed by atoms with van der Waals surface area (Å²) in [5.74, 6) is -0.799. The minimum atomic E-state index is -1.35. The summed E-state index contributed by atoms with van der Waals surface area (Å²) in [6, 6.07) is 9.09. The van der Waals surface area contributed by atoms with Crippen LogP contribution in [0.4, 0.5) is 0 Å². The van der Waals surface area contributed by atoms with Crippen LogP contribution in [0, 0.1) is 0 Å². The number of aliphatic hydroxyl groups is 1. The van der Waals surface area contributed by atoms with Crippen LogP contribution in [0.15, 0.2) is 65.5 Å². The van der Waals surface area contributed by atoms with Crippen molar-refractivity contribution in [3.05, 3.63) is 71.0 Å². The first kappa shape index (κ1) is 18.2. The first-order valence-corrected chi connectivity index (χ1v) is 8.18. The van der Waals surface area contributed by atoms with E-state index in [-0.39, 0.29) is 12.2 Å². The lowest BCUT2D eigenvalue weighted by molar-refractivity contribution is -0.176. The number of ether oxygens (including phenoxy) is 2. The van der Waals surface area contributed by atoms with Crippen molar-refractivity contribution in [3.8, 4) is 0 Å².